The molecule has 0 bridgehead atoms. The minimum atomic E-state index is -0.541. The average Bonchev–Trinajstić information content (AvgIpc) is 2.95. The highest BCUT2D eigenvalue weighted by atomic mass is 32.1. The number of β-amino-alcohol motifs (C(OH)–C–C–N with tert-alkyl or cyclic N) is 1. The van der Waals surface area contributed by atoms with Crippen LogP contribution >= 0.6 is 11.3 Å². The van der Waals surface area contributed by atoms with Gasteiger partial charge in [0.1, 0.15) is 0 Å². The third-order valence-corrected chi connectivity index (χ3v) is 4.93. The fourth-order valence-electron chi connectivity index (χ4n) is 2.69. The van der Waals surface area contributed by atoms with Gasteiger partial charge in [-0.15, -0.1) is 11.3 Å². The number of carbonyl (C=O) groups excluding carboxylic acids is 1. The maximum Gasteiger partial charge on any atom is 0.321 e. The lowest BCUT2D eigenvalue weighted by atomic mass is 9.99. The second-order valence-electron chi connectivity index (χ2n) is 6.37. The van der Waals surface area contributed by atoms with E-state index in [2.05, 4.69) is 34.4 Å². The number of aromatic nitrogens is 1. The van der Waals surface area contributed by atoms with Crippen molar-refractivity contribution in [1.82, 2.24) is 15.2 Å². The summed E-state index contributed by atoms with van der Waals surface area (Å²) in [6.45, 7) is 7.30. The van der Waals surface area contributed by atoms with Crippen LogP contribution in [0.15, 0.2) is 5.38 Å². The number of piperidine rings is 1. The molecule has 3 N–H and O–H groups in total. The van der Waals surface area contributed by atoms with Gasteiger partial charge in [-0.05, 0) is 38.3 Å². The van der Waals surface area contributed by atoms with Gasteiger partial charge in [0.05, 0.1) is 11.8 Å². The largest absolute Gasteiger partial charge is 0.390 e. The van der Waals surface area contributed by atoms with Crippen molar-refractivity contribution in [3.05, 3.63) is 11.1 Å². The molecule has 1 aromatic rings. The van der Waals surface area contributed by atoms with E-state index < -0.39 is 6.10 Å². The number of carbonyl (C=O) groups is 1. The Labute approximate surface area is 142 Å². The molecule has 2 rings (SSSR count). The number of likely N-dealkylation sites (tertiary alicyclic amines) is 1. The molecule has 130 valence electrons. The van der Waals surface area contributed by atoms with Crippen molar-refractivity contribution in [3.8, 4) is 0 Å². The van der Waals surface area contributed by atoms with Crippen LogP contribution in [0.25, 0.3) is 0 Å². The summed E-state index contributed by atoms with van der Waals surface area (Å²) in [5, 5.41) is 18.1. The zero-order chi connectivity index (χ0) is 16.7. The smallest absolute Gasteiger partial charge is 0.321 e. The van der Waals surface area contributed by atoms with E-state index in [1.165, 1.54) is 24.2 Å². The molecular formula is C16H28N4O2S. The Morgan fingerprint density at radius 2 is 2.26 bits per heavy atom. The summed E-state index contributed by atoms with van der Waals surface area (Å²) in [5.74, 6) is 0.781. The van der Waals surface area contributed by atoms with Crippen molar-refractivity contribution in [1.29, 1.82) is 0 Å². The minimum absolute atomic E-state index is 0.255. The molecule has 1 atom stereocenters. The first-order valence-electron chi connectivity index (χ1n) is 8.46. The number of rotatable bonds is 7. The summed E-state index contributed by atoms with van der Waals surface area (Å²) in [7, 11) is 0. The van der Waals surface area contributed by atoms with Crippen LogP contribution in [0.1, 0.15) is 38.8 Å². The van der Waals surface area contributed by atoms with Crippen molar-refractivity contribution in [2.24, 2.45) is 5.92 Å². The first kappa shape index (κ1) is 18.2. The number of amides is 2. The van der Waals surface area contributed by atoms with Crippen molar-refractivity contribution < 1.29 is 9.90 Å². The topological polar surface area (TPSA) is 77.5 Å². The van der Waals surface area contributed by atoms with Crippen LogP contribution in [0.3, 0.4) is 0 Å². The third-order valence-electron chi connectivity index (χ3n) is 4.12. The molecule has 1 aromatic heterocycles. The monoisotopic (exact) mass is 340 g/mol. The minimum Gasteiger partial charge on any atom is -0.390 e. The van der Waals surface area contributed by atoms with Crippen LogP contribution in [0.4, 0.5) is 9.93 Å². The molecule has 1 aliphatic heterocycles. The van der Waals surface area contributed by atoms with Gasteiger partial charge in [0.15, 0.2) is 5.13 Å². The Morgan fingerprint density at radius 1 is 1.52 bits per heavy atom. The summed E-state index contributed by atoms with van der Waals surface area (Å²) in [6.07, 6.45) is 3.79. The van der Waals surface area contributed by atoms with Crippen LogP contribution in [0.5, 0.6) is 0 Å². The fourth-order valence-corrected chi connectivity index (χ4v) is 3.43. The summed E-state index contributed by atoms with van der Waals surface area (Å²) in [6, 6.07) is -0.311. The Hall–Kier alpha value is -1.18. The van der Waals surface area contributed by atoms with Gasteiger partial charge in [-0.3, -0.25) is 5.32 Å². The summed E-state index contributed by atoms with van der Waals surface area (Å²) in [4.78, 5) is 18.4. The number of aliphatic hydroxyl groups is 1. The van der Waals surface area contributed by atoms with Crippen LogP contribution in [0.2, 0.25) is 0 Å². The number of thiazole rings is 1. The molecule has 2 heterocycles. The van der Waals surface area contributed by atoms with E-state index in [1.807, 2.05) is 5.38 Å². The molecule has 0 aliphatic carbocycles. The molecule has 1 fully saturated rings. The zero-order valence-corrected chi connectivity index (χ0v) is 14.9. The lowest BCUT2D eigenvalue weighted by Crippen LogP contribution is -2.43. The normalized spacial score (nSPS) is 17.9. The molecule has 7 heteroatoms. The van der Waals surface area contributed by atoms with Gasteiger partial charge in [0, 0.05) is 18.5 Å². The number of hydrogen-bond acceptors (Lipinski definition) is 5. The van der Waals surface area contributed by atoms with Crippen molar-refractivity contribution in [3.63, 3.8) is 0 Å². The highest BCUT2D eigenvalue weighted by molar-refractivity contribution is 7.13. The number of nitrogens with zero attached hydrogens (tertiary/aromatic N) is 2. The molecule has 1 aliphatic rings. The molecule has 2 amide bonds. The van der Waals surface area contributed by atoms with Gasteiger partial charge in [-0.2, -0.15) is 0 Å². The number of nitrogens with one attached hydrogen (secondary N) is 2. The Bertz CT molecular complexity index is 486. The standard InChI is InChI=1S/C16H28N4O2S/c1-3-4-13-11-23-16(18-13)19-15(22)17-9-14(21)10-20-7-5-12(2)6-8-20/h11-12,14,21H,3-10H2,1-2H3,(H2,17,18,19,22). The lowest BCUT2D eigenvalue weighted by Gasteiger charge is -2.31. The Kier molecular flexibility index (Phi) is 7.26. The maximum absolute atomic E-state index is 11.8. The molecule has 0 saturated carbocycles. The number of aliphatic hydroxyl groups excluding tert-OH is 1. The fraction of sp³-hybridized carbons (Fsp3) is 0.750. The molecular weight excluding hydrogens is 312 g/mol. The van der Waals surface area contributed by atoms with Crippen LogP contribution in [-0.4, -0.2) is 53.3 Å². The molecule has 6 nitrogen and oxygen atoms in total. The molecule has 1 unspecified atom stereocenters. The molecule has 0 spiro atoms. The SMILES string of the molecule is CCCc1csc(NC(=O)NCC(O)CN2CCC(C)CC2)n1. The number of urea groups is 1. The second-order valence-corrected chi connectivity index (χ2v) is 7.22. The second kappa shape index (κ2) is 9.20. The van der Waals surface area contributed by atoms with Gasteiger partial charge in [0.2, 0.25) is 0 Å². The highest BCUT2D eigenvalue weighted by Gasteiger charge is 2.18. The van der Waals surface area contributed by atoms with Crippen molar-refractivity contribution in [2.75, 3.05) is 31.5 Å². The first-order chi connectivity index (χ1) is 11.1. The van der Waals surface area contributed by atoms with Gasteiger partial charge >= 0.3 is 6.03 Å². The van der Waals surface area contributed by atoms with E-state index in [4.69, 9.17) is 0 Å². The van der Waals surface area contributed by atoms with Crippen molar-refractivity contribution in [2.45, 2.75) is 45.6 Å². The van der Waals surface area contributed by atoms with Gasteiger partial charge in [-0.25, -0.2) is 9.78 Å². The maximum atomic E-state index is 11.8. The van der Waals surface area contributed by atoms with Crippen molar-refractivity contribution >= 4 is 22.5 Å². The zero-order valence-electron chi connectivity index (χ0n) is 14.0. The van der Waals surface area contributed by atoms with Crippen LogP contribution in [-0.2, 0) is 6.42 Å². The molecule has 23 heavy (non-hydrogen) atoms. The Balaban J connectivity index is 1.64. The number of hydrogen-bond donors (Lipinski definition) is 3. The summed E-state index contributed by atoms with van der Waals surface area (Å²) < 4.78 is 0. The quantitative estimate of drug-likeness (QED) is 0.712. The number of anilines is 1. The van der Waals surface area contributed by atoms with Gasteiger partial charge in [0.25, 0.3) is 0 Å². The molecule has 0 aromatic carbocycles. The van der Waals surface area contributed by atoms with E-state index in [0.717, 1.165) is 37.5 Å². The van der Waals surface area contributed by atoms with E-state index in [-0.39, 0.29) is 12.6 Å². The number of aryl methyl sites for hydroxylation is 1. The molecule has 1 saturated heterocycles. The predicted molar refractivity (Wildman–Crippen MR) is 94.0 cm³/mol. The third kappa shape index (κ3) is 6.45. The predicted octanol–water partition coefficient (Wildman–Crippen LogP) is 2.31. The lowest BCUT2D eigenvalue weighted by molar-refractivity contribution is 0.0924. The van der Waals surface area contributed by atoms with Gasteiger partial charge < -0.3 is 15.3 Å². The van der Waals surface area contributed by atoms with E-state index in [0.29, 0.717) is 11.7 Å². The average molecular weight is 340 g/mol. The Morgan fingerprint density at radius 3 is 2.96 bits per heavy atom. The molecule has 0 radical (unpaired) electrons. The highest BCUT2D eigenvalue weighted by Crippen LogP contribution is 2.17. The van der Waals surface area contributed by atoms with E-state index in [9.17, 15) is 9.90 Å². The van der Waals surface area contributed by atoms with Gasteiger partial charge in [-0.1, -0.05) is 20.3 Å². The van der Waals surface area contributed by atoms with E-state index in [1.54, 1.807) is 0 Å². The van der Waals surface area contributed by atoms with Crippen LogP contribution in [0, 0.1) is 5.92 Å². The van der Waals surface area contributed by atoms with E-state index >= 15 is 0 Å². The summed E-state index contributed by atoms with van der Waals surface area (Å²) >= 11 is 1.43. The van der Waals surface area contributed by atoms with Crippen LogP contribution < -0.4 is 10.6 Å². The first-order valence-corrected chi connectivity index (χ1v) is 9.34. The summed E-state index contributed by atoms with van der Waals surface area (Å²) in [5.41, 5.74) is 1.01.